The first-order valence-corrected chi connectivity index (χ1v) is 14.2. The Balaban J connectivity index is 3.31. The van der Waals surface area contributed by atoms with Crippen LogP contribution in [0.2, 0.25) is 0 Å². The number of aliphatic hydroxyl groups excluding tert-OH is 1. The number of aliphatic hydroxyl groups is 1. The summed E-state index contributed by atoms with van der Waals surface area (Å²) in [6.07, 6.45) is 19.5. The zero-order chi connectivity index (χ0) is 21.4. The third-order valence-electron chi connectivity index (χ3n) is 5.07. The number of ether oxygens (including phenoxy) is 1. The van der Waals surface area contributed by atoms with Crippen molar-refractivity contribution in [2.75, 3.05) is 30.0 Å². The highest BCUT2D eigenvalue weighted by atomic mass is 79.9. The van der Waals surface area contributed by atoms with Gasteiger partial charge in [-0.3, -0.25) is 4.79 Å². The second kappa shape index (κ2) is 24.5. The minimum Gasteiger partial charge on any atom is -0.465 e. The maximum absolute atomic E-state index is 11.9. The third-order valence-corrected chi connectivity index (χ3v) is 6.80. The Bertz CT molecular complexity index is 348. The molecule has 0 aliphatic heterocycles. The molecule has 0 aliphatic rings. The van der Waals surface area contributed by atoms with E-state index >= 15 is 0 Å². The summed E-state index contributed by atoms with van der Waals surface area (Å²) in [7, 11) is 0. The molecule has 0 fully saturated rings. The highest BCUT2D eigenvalue weighted by Crippen LogP contribution is 2.12. The van der Waals surface area contributed by atoms with E-state index in [0.29, 0.717) is 19.0 Å². The molecule has 0 rings (SSSR count). The molecule has 1 atom stereocenters. The van der Waals surface area contributed by atoms with E-state index in [0.717, 1.165) is 36.8 Å². The first kappa shape index (κ1) is 29.2. The molecule has 0 unspecified atom stereocenters. The highest BCUT2D eigenvalue weighted by molar-refractivity contribution is 9.09. The van der Waals surface area contributed by atoms with Gasteiger partial charge in [-0.15, -0.1) is 0 Å². The molecule has 0 aromatic heterocycles. The van der Waals surface area contributed by atoms with Gasteiger partial charge in [0.15, 0.2) is 0 Å². The van der Waals surface area contributed by atoms with Crippen LogP contribution in [0.15, 0.2) is 0 Å². The van der Waals surface area contributed by atoms with Crippen molar-refractivity contribution >= 4 is 33.7 Å². The molecule has 29 heavy (non-hydrogen) atoms. The third kappa shape index (κ3) is 22.7. The smallest absolute Gasteiger partial charge is 0.323 e. The van der Waals surface area contributed by atoms with E-state index in [2.05, 4.69) is 15.9 Å². The number of thioether (sulfide) groups is 1. The molecule has 0 bridgehead atoms. The van der Waals surface area contributed by atoms with Crippen LogP contribution in [0.4, 0.5) is 0 Å². The van der Waals surface area contributed by atoms with Crippen molar-refractivity contribution in [3.63, 3.8) is 0 Å². The summed E-state index contributed by atoms with van der Waals surface area (Å²) in [5, 5.41) is 9.85. The monoisotopic (exact) mass is 495 g/mol. The molecule has 0 aliphatic carbocycles. The van der Waals surface area contributed by atoms with Crippen LogP contribution < -0.4 is 5.73 Å². The van der Waals surface area contributed by atoms with Crippen LogP contribution in [0.1, 0.15) is 103 Å². The van der Waals surface area contributed by atoms with Gasteiger partial charge in [-0.1, -0.05) is 93.0 Å². The van der Waals surface area contributed by atoms with Gasteiger partial charge in [0, 0.05) is 17.7 Å². The van der Waals surface area contributed by atoms with Gasteiger partial charge in [0.05, 0.1) is 6.61 Å². The molecule has 0 saturated carbocycles. The molecule has 0 spiro atoms. The van der Waals surface area contributed by atoms with Gasteiger partial charge in [-0.2, -0.15) is 11.8 Å². The normalized spacial score (nSPS) is 12.2. The number of carbonyl (C=O) groups excluding carboxylic acids is 1. The highest BCUT2D eigenvalue weighted by Gasteiger charge is 2.14. The standard InChI is InChI=1S/C23H46BrNO3S/c24-17-13-9-5-1-3-7-11-15-19-28-23(27)22(25)21-29-20-16-12-8-4-2-6-10-14-18-26/h22,26H,1-21,25H2/t22-/m0/s1. The van der Waals surface area contributed by atoms with E-state index < -0.39 is 6.04 Å². The van der Waals surface area contributed by atoms with Gasteiger partial charge >= 0.3 is 5.97 Å². The second-order valence-corrected chi connectivity index (χ2v) is 9.86. The van der Waals surface area contributed by atoms with Crippen molar-refractivity contribution in [2.45, 2.75) is 109 Å². The maximum atomic E-state index is 11.9. The van der Waals surface area contributed by atoms with Gasteiger partial charge in [0.25, 0.3) is 0 Å². The van der Waals surface area contributed by atoms with E-state index in [1.807, 2.05) is 0 Å². The predicted octanol–water partition coefficient (Wildman–Crippen LogP) is 6.22. The molecule has 0 saturated heterocycles. The van der Waals surface area contributed by atoms with Gasteiger partial charge in [-0.05, 0) is 31.4 Å². The average Bonchev–Trinajstić information content (AvgIpc) is 2.73. The van der Waals surface area contributed by atoms with Gasteiger partial charge in [0.2, 0.25) is 0 Å². The number of hydrogen-bond acceptors (Lipinski definition) is 5. The summed E-state index contributed by atoms with van der Waals surface area (Å²) in [5.74, 6) is 1.49. The predicted molar refractivity (Wildman–Crippen MR) is 131 cm³/mol. The minimum atomic E-state index is -0.485. The van der Waals surface area contributed by atoms with E-state index in [1.54, 1.807) is 11.8 Å². The lowest BCUT2D eigenvalue weighted by Gasteiger charge is -2.11. The largest absolute Gasteiger partial charge is 0.465 e. The Hall–Kier alpha value is 0.220. The average molecular weight is 497 g/mol. The Labute approximate surface area is 192 Å². The molecular weight excluding hydrogens is 450 g/mol. The van der Waals surface area contributed by atoms with Crippen molar-refractivity contribution in [3.8, 4) is 0 Å². The number of halogens is 1. The first-order valence-electron chi connectivity index (χ1n) is 11.9. The van der Waals surface area contributed by atoms with Crippen LogP contribution in [0, 0.1) is 0 Å². The molecule has 0 radical (unpaired) electrons. The topological polar surface area (TPSA) is 72.5 Å². The molecular formula is C23H46BrNO3S. The second-order valence-electron chi connectivity index (χ2n) is 7.92. The number of unbranched alkanes of at least 4 members (excludes halogenated alkanes) is 14. The lowest BCUT2D eigenvalue weighted by molar-refractivity contribution is -0.144. The van der Waals surface area contributed by atoms with Crippen molar-refractivity contribution in [2.24, 2.45) is 5.73 Å². The Morgan fingerprint density at radius 2 is 1.28 bits per heavy atom. The van der Waals surface area contributed by atoms with E-state index in [1.165, 1.54) is 77.0 Å². The number of nitrogens with two attached hydrogens (primary N) is 1. The first-order chi connectivity index (χ1) is 14.2. The van der Waals surface area contributed by atoms with Gasteiger partial charge in [-0.25, -0.2) is 0 Å². The Kier molecular flexibility index (Phi) is 24.7. The molecule has 0 heterocycles. The molecule has 4 nitrogen and oxygen atoms in total. The number of hydrogen-bond donors (Lipinski definition) is 2. The van der Waals surface area contributed by atoms with Gasteiger partial charge in [0.1, 0.15) is 6.04 Å². The number of rotatable bonds is 23. The summed E-state index contributed by atoms with van der Waals surface area (Å²) in [6.45, 7) is 0.837. The fourth-order valence-corrected chi connectivity index (χ4v) is 4.55. The summed E-state index contributed by atoms with van der Waals surface area (Å²) in [4.78, 5) is 11.9. The van der Waals surface area contributed by atoms with Crippen molar-refractivity contribution in [1.29, 1.82) is 0 Å². The zero-order valence-electron chi connectivity index (χ0n) is 18.6. The SMILES string of the molecule is N[C@@H](CSCCCCCCCCCCO)C(=O)OCCCCCCCCCCBr. The lowest BCUT2D eigenvalue weighted by atomic mass is 10.1. The fourth-order valence-electron chi connectivity index (χ4n) is 3.19. The molecule has 174 valence electrons. The number of esters is 1. The van der Waals surface area contributed by atoms with Crippen molar-refractivity contribution in [3.05, 3.63) is 0 Å². The molecule has 0 aromatic carbocycles. The quantitative estimate of drug-likeness (QED) is 0.0998. The van der Waals surface area contributed by atoms with Crippen LogP contribution in [0.25, 0.3) is 0 Å². The van der Waals surface area contributed by atoms with Crippen molar-refractivity contribution in [1.82, 2.24) is 0 Å². The summed E-state index contributed by atoms with van der Waals surface area (Å²) >= 11 is 5.23. The maximum Gasteiger partial charge on any atom is 0.323 e. The van der Waals surface area contributed by atoms with E-state index in [9.17, 15) is 4.79 Å². The lowest BCUT2D eigenvalue weighted by Crippen LogP contribution is -2.34. The number of alkyl halides is 1. The molecule has 0 aromatic rings. The van der Waals surface area contributed by atoms with Crippen LogP contribution in [0.5, 0.6) is 0 Å². The minimum absolute atomic E-state index is 0.241. The summed E-state index contributed by atoms with van der Waals surface area (Å²) in [6, 6.07) is -0.485. The van der Waals surface area contributed by atoms with Gasteiger partial charge < -0.3 is 15.6 Å². The Morgan fingerprint density at radius 3 is 1.83 bits per heavy atom. The fraction of sp³-hybridized carbons (Fsp3) is 0.957. The van der Waals surface area contributed by atoms with Crippen LogP contribution in [-0.4, -0.2) is 47.2 Å². The van der Waals surface area contributed by atoms with E-state index in [4.69, 9.17) is 15.6 Å². The summed E-state index contributed by atoms with van der Waals surface area (Å²) < 4.78 is 5.32. The molecule has 3 N–H and O–H groups in total. The molecule has 6 heteroatoms. The zero-order valence-corrected chi connectivity index (χ0v) is 21.0. The summed E-state index contributed by atoms with van der Waals surface area (Å²) in [5.41, 5.74) is 5.94. The number of carbonyl (C=O) groups is 1. The van der Waals surface area contributed by atoms with E-state index in [-0.39, 0.29) is 5.97 Å². The van der Waals surface area contributed by atoms with Crippen LogP contribution in [-0.2, 0) is 9.53 Å². The van der Waals surface area contributed by atoms with Crippen LogP contribution >= 0.6 is 27.7 Å². The molecule has 0 amide bonds. The Morgan fingerprint density at radius 1 is 0.793 bits per heavy atom. The van der Waals surface area contributed by atoms with Crippen LogP contribution in [0.3, 0.4) is 0 Å². The van der Waals surface area contributed by atoms with Crippen molar-refractivity contribution < 1.29 is 14.6 Å².